The normalized spacial score (nSPS) is 10.7. The average Bonchev–Trinajstić information content (AvgIpc) is 3.05. The zero-order chi connectivity index (χ0) is 17.2. The second-order valence-electron chi connectivity index (χ2n) is 5.70. The lowest BCUT2D eigenvalue weighted by Gasteiger charge is -2.04. The predicted octanol–water partition coefficient (Wildman–Crippen LogP) is 4.19. The van der Waals surface area contributed by atoms with Gasteiger partial charge in [-0.15, -0.1) is 0 Å². The Kier molecular flexibility index (Phi) is 3.67. The number of aromatic hydroxyl groups is 1. The Bertz CT molecular complexity index is 1040. The fourth-order valence-electron chi connectivity index (χ4n) is 2.72. The predicted molar refractivity (Wildman–Crippen MR) is 97.6 cm³/mol. The van der Waals surface area contributed by atoms with Gasteiger partial charge in [0.1, 0.15) is 5.75 Å². The number of phenolic OH excluding ortho intramolecular Hbond substituents is 1. The minimum atomic E-state index is -0.198. The van der Waals surface area contributed by atoms with E-state index in [1.807, 2.05) is 48.5 Å². The van der Waals surface area contributed by atoms with Crippen LogP contribution in [0.3, 0.4) is 0 Å². The molecule has 0 aliphatic rings. The smallest absolute Gasteiger partial charge is 0.256 e. The lowest BCUT2D eigenvalue weighted by atomic mass is 10.0. The fraction of sp³-hybridized carbons (Fsp3) is 0. The molecule has 4 aromatic rings. The highest BCUT2D eigenvalue weighted by Gasteiger charge is 2.11. The number of H-pyrrole nitrogens is 1. The summed E-state index contributed by atoms with van der Waals surface area (Å²) in [5.74, 6) is 0.537. The van der Waals surface area contributed by atoms with Gasteiger partial charge in [-0.25, -0.2) is 0 Å². The number of carbonyl (C=O) groups is 1. The van der Waals surface area contributed by atoms with Gasteiger partial charge in [0.05, 0.1) is 5.52 Å². The molecule has 0 fully saturated rings. The van der Waals surface area contributed by atoms with Gasteiger partial charge >= 0.3 is 0 Å². The van der Waals surface area contributed by atoms with Crippen LogP contribution in [-0.4, -0.2) is 21.2 Å². The third kappa shape index (κ3) is 2.95. The van der Waals surface area contributed by atoms with Crippen LogP contribution >= 0.6 is 0 Å². The number of fused-ring (bicyclic) bond motifs is 1. The van der Waals surface area contributed by atoms with Gasteiger partial charge < -0.3 is 10.4 Å². The maximum Gasteiger partial charge on any atom is 0.256 e. The van der Waals surface area contributed by atoms with Crippen LogP contribution in [0.2, 0.25) is 0 Å². The highest BCUT2D eigenvalue weighted by molar-refractivity contribution is 6.08. The van der Waals surface area contributed by atoms with Gasteiger partial charge in [0.2, 0.25) is 0 Å². The monoisotopic (exact) mass is 329 g/mol. The van der Waals surface area contributed by atoms with Crippen molar-refractivity contribution in [1.82, 2.24) is 10.2 Å². The first-order valence-corrected chi connectivity index (χ1v) is 7.85. The number of carbonyl (C=O) groups excluding carboxylic acids is 1. The van der Waals surface area contributed by atoms with Crippen molar-refractivity contribution in [3.8, 4) is 16.9 Å². The van der Waals surface area contributed by atoms with E-state index in [9.17, 15) is 9.90 Å². The number of hydrogen-bond acceptors (Lipinski definition) is 3. The van der Waals surface area contributed by atoms with Crippen molar-refractivity contribution in [2.45, 2.75) is 0 Å². The van der Waals surface area contributed by atoms with Crippen LogP contribution in [0.25, 0.3) is 22.0 Å². The number of nitrogens with one attached hydrogen (secondary N) is 2. The molecule has 0 radical (unpaired) electrons. The number of rotatable bonds is 3. The van der Waals surface area contributed by atoms with E-state index in [4.69, 9.17) is 0 Å². The number of aromatic nitrogens is 2. The molecule has 1 heterocycles. The van der Waals surface area contributed by atoms with E-state index >= 15 is 0 Å². The minimum Gasteiger partial charge on any atom is -0.508 e. The standard InChI is InChI=1S/C20H15N3O2/c24-16-9-6-13(7-10-16)15-8-11-17-18(12-15)22-23-19(17)21-20(25)14-4-2-1-3-5-14/h1-12,24H,(H2,21,22,23,25). The molecule has 0 spiro atoms. The Labute approximate surface area is 143 Å². The van der Waals surface area contributed by atoms with Crippen LogP contribution in [0.1, 0.15) is 10.4 Å². The van der Waals surface area contributed by atoms with Crippen LogP contribution in [0.5, 0.6) is 5.75 Å². The maximum absolute atomic E-state index is 12.3. The highest BCUT2D eigenvalue weighted by Crippen LogP contribution is 2.28. The topological polar surface area (TPSA) is 78.0 Å². The molecule has 0 unspecified atom stereocenters. The molecule has 3 aromatic carbocycles. The van der Waals surface area contributed by atoms with Gasteiger partial charge in [-0.05, 0) is 47.5 Å². The van der Waals surface area contributed by atoms with Crippen LogP contribution in [0.4, 0.5) is 5.82 Å². The number of nitrogens with zero attached hydrogens (tertiary/aromatic N) is 1. The second-order valence-corrected chi connectivity index (χ2v) is 5.70. The molecule has 0 bridgehead atoms. The Morgan fingerprint density at radius 2 is 1.64 bits per heavy atom. The third-order valence-electron chi connectivity index (χ3n) is 4.03. The van der Waals surface area contributed by atoms with Crippen LogP contribution < -0.4 is 5.32 Å². The summed E-state index contributed by atoms with van der Waals surface area (Å²) in [7, 11) is 0. The summed E-state index contributed by atoms with van der Waals surface area (Å²) in [6.45, 7) is 0. The van der Waals surface area contributed by atoms with Gasteiger partial charge in [0.25, 0.3) is 5.91 Å². The summed E-state index contributed by atoms with van der Waals surface area (Å²) >= 11 is 0. The summed E-state index contributed by atoms with van der Waals surface area (Å²) in [6, 6.07) is 21.9. The van der Waals surface area contributed by atoms with E-state index in [0.717, 1.165) is 22.0 Å². The zero-order valence-electron chi connectivity index (χ0n) is 13.2. The molecule has 1 aromatic heterocycles. The molecule has 0 saturated carbocycles. The number of aromatic amines is 1. The molecule has 0 aliphatic heterocycles. The van der Waals surface area contributed by atoms with Gasteiger partial charge in [-0.3, -0.25) is 9.89 Å². The van der Waals surface area contributed by atoms with Gasteiger partial charge in [-0.1, -0.05) is 36.4 Å². The maximum atomic E-state index is 12.3. The Balaban J connectivity index is 1.64. The van der Waals surface area contributed by atoms with Crippen LogP contribution in [0.15, 0.2) is 72.8 Å². The molecule has 5 nitrogen and oxygen atoms in total. The summed E-state index contributed by atoms with van der Waals surface area (Å²) in [4.78, 5) is 12.3. The lowest BCUT2D eigenvalue weighted by molar-refractivity contribution is 0.102. The quantitative estimate of drug-likeness (QED) is 0.527. The minimum absolute atomic E-state index is 0.198. The number of anilines is 1. The SMILES string of the molecule is O=C(Nc1n[nH]c2cc(-c3ccc(O)cc3)ccc12)c1ccccc1. The molecule has 3 N–H and O–H groups in total. The molecular weight excluding hydrogens is 314 g/mol. The third-order valence-corrected chi connectivity index (χ3v) is 4.03. The lowest BCUT2D eigenvalue weighted by Crippen LogP contribution is -2.12. The van der Waals surface area contributed by atoms with Crippen molar-refractivity contribution in [3.63, 3.8) is 0 Å². The molecule has 4 rings (SSSR count). The first-order chi connectivity index (χ1) is 12.2. The van der Waals surface area contributed by atoms with E-state index < -0.39 is 0 Å². The van der Waals surface area contributed by atoms with E-state index in [-0.39, 0.29) is 11.7 Å². The Morgan fingerprint density at radius 3 is 2.40 bits per heavy atom. The Hall–Kier alpha value is -3.60. The second kappa shape index (κ2) is 6.13. The Morgan fingerprint density at radius 1 is 0.920 bits per heavy atom. The molecule has 122 valence electrons. The first-order valence-electron chi connectivity index (χ1n) is 7.85. The molecule has 0 atom stereocenters. The van der Waals surface area contributed by atoms with E-state index in [1.54, 1.807) is 24.3 Å². The average molecular weight is 329 g/mol. The largest absolute Gasteiger partial charge is 0.508 e. The van der Waals surface area contributed by atoms with Gasteiger partial charge in [0, 0.05) is 10.9 Å². The van der Waals surface area contributed by atoms with Gasteiger partial charge in [-0.2, -0.15) is 5.10 Å². The first kappa shape index (κ1) is 15.0. The number of benzene rings is 3. The molecular formula is C20H15N3O2. The number of hydrogen-bond donors (Lipinski definition) is 3. The summed E-state index contributed by atoms with van der Waals surface area (Å²) in [5, 5.41) is 20.2. The van der Waals surface area contributed by atoms with Crippen LogP contribution in [0, 0.1) is 0 Å². The number of phenols is 1. The highest BCUT2D eigenvalue weighted by atomic mass is 16.3. The van der Waals surface area contributed by atoms with Gasteiger partial charge in [0.15, 0.2) is 5.82 Å². The van der Waals surface area contributed by atoms with Crippen LogP contribution in [-0.2, 0) is 0 Å². The van der Waals surface area contributed by atoms with Crippen molar-refractivity contribution in [1.29, 1.82) is 0 Å². The summed E-state index contributed by atoms with van der Waals surface area (Å²) in [5.41, 5.74) is 3.40. The zero-order valence-corrected chi connectivity index (χ0v) is 13.2. The fourth-order valence-corrected chi connectivity index (χ4v) is 2.72. The van der Waals surface area contributed by atoms with Crippen molar-refractivity contribution in [3.05, 3.63) is 78.4 Å². The summed E-state index contributed by atoms with van der Waals surface area (Å²) < 4.78 is 0. The number of amides is 1. The van der Waals surface area contributed by atoms with Crippen molar-refractivity contribution < 1.29 is 9.90 Å². The molecule has 0 aliphatic carbocycles. The van der Waals surface area contributed by atoms with Crippen molar-refractivity contribution >= 4 is 22.6 Å². The van der Waals surface area contributed by atoms with Crippen molar-refractivity contribution in [2.24, 2.45) is 0 Å². The van der Waals surface area contributed by atoms with Crippen molar-refractivity contribution in [2.75, 3.05) is 5.32 Å². The molecule has 1 amide bonds. The summed E-state index contributed by atoms with van der Waals surface area (Å²) in [6.07, 6.45) is 0. The molecule has 5 heteroatoms. The molecule has 25 heavy (non-hydrogen) atoms. The molecule has 0 saturated heterocycles. The van der Waals surface area contributed by atoms with E-state index in [2.05, 4.69) is 15.5 Å². The van der Waals surface area contributed by atoms with E-state index in [1.165, 1.54) is 0 Å². The van der Waals surface area contributed by atoms with E-state index in [0.29, 0.717) is 11.4 Å².